The Bertz CT molecular complexity index is 1270. The molecular weight excluding hydrogens is 572 g/mol. The minimum Gasteiger partial charge on any atom is -0.462 e. The molecule has 0 bridgehead atoms. The van der Waals surface area contributed by atoms with Gasteiger partial charge in [-0.05, 0) is 32.9 Å². The number of halogens is 4. The van der Waals surface area contributed by atoms with Crippen molar-refractivity contribution in [3.8, 4) is 5.75 Å². The number of carbonyl (C=O) groups is 1. The highest BCUT2D eigenvalue weighted by molar-refractivity contribution is 7.52. The standard InChI is InChI=1S/C22H27ClF3N4O8P/c1-11(2)36-19(32)12(3)29-39(34,38-13-7-5-4-6-8-13)35-10-22(20(25)26)16(31)15(24)18(37-22)30-9-14(23)17(27)28-21(30)33/h4-9,11-12,15-16,18,20,31H,10H2,1-3H3,(H,29,34)(H2,27,28,33)/t12-,15+,16-,18+,22+,39?/m0/s1. The van der Waals surface area contributed by atoms with Gasteiger partial charge in [-0.15, -0.1) is 0 Å². The quantitative estimate of drug-likeness (QED) is 0.257. The number of hydrogen-bond donors (Lipinski definition) is 3. The largest absolute Gasteiger partial charge is 0.462 e. The van der Waals surface area contributed by atoms with Crippen LogP contribution in [0.15, 0.2) is 41.3 Å². The van der Waals surface area contributed by atoms with Crippen LogP contribution in [0.3, 0.4) is 0 Å². The monoisotopic (exact) mass is 598 g/mol. The molecule has 2 heterocycles. The Morgan fingerprint density at radius 1 is 1.33 bits per heavy atom. The first-order chi connectivity index (χ1) is 18.2. The van der Waals surface area contributed by atoms with Gasteiger partial charge in [-0.1, -0.05) is 29.8 Å². The van der Waals surface area contributed by atoms with Gasteiger partial charge in [0.25, 0.3) is 6.43 Å². The van der Waals surface area contributed by atoms with Crippen molar-refractivity contribution in [2.75, 3.05) is 12.3 Å². The number of esters is 1. The second-order valence-electron chi connectivity index (χ2n) is 8.83. The van der Waals surface area contributed by atoms with Crippen LogP contribution in [0, 0.1) is 0 Å². The zero-order valence-corrected chi connectivity index (χ0v) is 22.5. The number of ether oxygens (including phenoxy) is 2. The van der Waals surface area contributed by atoms with Crippen molar-refractivity contribution in [2.24, 2.45) is 0 Å². The fourth-order valence-corrected chi connectivity index (χ4v) is 5.20. The highest BCUT2D eigenvalue weighted by atomic mass is 35.5. The zero-order valence-electron chi connectivity index (χ0n) is 20.9. The van der Waals surface area contributed by atoms with E-state index < -0.39 is 74.5 Å². The van der Waals surface area contributed by atoms with Crippen molar-refractivity contribution in [1.29, 1.82) is 0 Å². The summed E-state index contributed by atoms with van der Waals surface area (Å²) in [4.78, 5) is 27.9. The van der Waals surface area contributed by atoms with Crippen LogP contribution in [0.4, 0.5) is 19.0 Å². The summed E-state index contributed by atoms with van der Waals surface area (Å²) in [5.41, 5.74) is 1.10. The molecule has 1 aliphatic heterocycles. The number of nitrogens with two attached hydrogens (primary N) is 1. The molecule has 1 aliphatic rings. The average molecular weight is 599 g/mol. The highest BCUT2D eigenvalue weighted by Gasteiger charge is 2.62. The third-order valence-corrected chi connectivity index (χ3v) is 7.39. The van der Waals surface area contributed by atoms with Crippen molar-refractivity contribution in [2.45, 2.75) is 63.4 Å². The van der Waals surface area contributed by atoms with Crippen LogP contribution in [0.1, 0.15) is 27.0 Å². The summed E-state index contributed by atoms with van der Waals surface area (Å²) < 4.78 is 78.8. The van der Waals surface area contributed by atoms with Crippen LogP contribution in [0.5, 0.6) is 5.75 Å². The number of rotatable bonds is 11. The Balaban J connectivity index is 1.92. The Labute approximate surface area is 225 Å². The molecule has 6 atom stereocenters. The third-order valence-electron chi connectivity index (χ3n) is 5.48. The highest BCUT2D eigenvalue weighted by Crippen LogP contribution is 2.49. The van der Waals surface area contributed by atoms with E-state index in [0.717, 1.165) is 6.20 Å². The zero-order chi connectivity index (χ0) is 29.1. The van der Waals surface area contributed by atoms with Crippen molar-refractivity contribution in [1.82, 2.24) is 14.6 Å². The summed E-state index contributed by atoms with van der Waals surface area (Å²) in [6, 6.07) is 6.07. The van der Waals surface area contributed by atoms with E-state index in [1.54, 1.807) is 19.9 Å². The van der Waals surface area contributed by atoms with E-state index in [2.05, 4.69) is 10.1 Å². The summed E-state index contributed by atoms with van der Waals surface area (Å²) in [7, 11) is -4.71. The maximum absolute atomic E-state index is 15.1. The fraction of sp³-hybridized carbons (Fsp3) is 0.500. The third kappa shape index (κ3) is 6.91. The Morgan fingerprint density at radius 2 is 1.97 bits per heavy atom. The normalized spacial score (nSPS) is 25.4. The first-order valence-corrected chi connectivity index (χ1v) is 13.4. The molecule has 1 fully saturated rings. The number of benzene rings is 1. The summed E-state index contributed by atoms with van der Waals surface area (Å²) in [5, 5.41) is 12.5. The van der Waals surface area contributed by atoms with Crippen LogP contribution in [0.2, 0.25) is 5.02 Å². The molecule has 0 aliphatic carbocycles. The number of carbonyl (C=O) groups excluding carboxylic acids is 1. The number of nitrogens with zero attached hydrogens (tertiary/aromatic N) is 2. The number of aliphatic hydroxyl groups excluding tert-OH is 1. The number of nitrogens with one attached hydrogen (secondary N) is 1. The molecule has 17 heteroatoms. The second kappa shape index (κ2) is 12.2. The molecule has 4 N–H and O–H groups in total. The summed E-state index contributed by atoms with van der Waals surface area (Å²) in [5.74, 6) is -1.29. The molecule has 2 aromatic rings. The predicted octanol–water partition coefficient (Wildman–Crippen LogP) is 2.84. The van der Waals surface area contributed by atoms with E-state index >= 15 is 4.39 Å². The predicted molar refractivity (Wildman–Crippen MR) is 132 cm³/mol. The number of aromatic nitrogens is 2. The molecule has 1 aromatic heterocycles. The van der Waals surface area contributed by atoms with Gasteiger partial charge >= 0.3 is 19.4 Å². The van der Waals surface area contributed by atoms with E-state index in [1.165, 1.54) is 31.2 Å². The number of para-hydroxylation sites is 1. The second-order valence-corrected chi connectivity index (χ2v) is 10.9. The van der Waals surface area contributed by atoms with Crippen LogP contribution >= 0.6 is 19.3 Å². The first-order valence-electron chi connectivity index (χ1n) is 11.5. The van der Waals surface area contributed by atoms with Crippen molar-refractivity contribution < 1.29 is 46.2 Å². The summed E-state index contributed by atoms with van der Waals surface area (Å²) >= 11 is 5.83. The molecule has 0 amide bonds. The first kappa shape index (κ1) is 30.9. The van der Waals surface area contributed by atoms with Gasteiger partial charge in [0.15, 0.2) is 18.0 Å². The molecule has 3 rings (SSSR count). The maximum atomic E-state index is 15.1. The molecule has 1 saturated heterocycles. The van der Waals surface area contributed by atoms with Gasteiger partial charge in [-0.2, -0.15) is 10.1 Å². The van der Waals surface area contributed by atoms with Gasteiger partial charge < -0.3 is 24.8 Å². The van der Waals surface area contributed by atoms with E-state index in [1.807, 2.05) is 0 Å². The molecule has 0 radical (unpaired) electrons. The molecule has 1 aromatic carbocycles. The maximum Gasteiger partial charge on any atom is 0.459 e. The lowest BCUT2D eigenvalue weighted by Gasteiger charge is -2.32. The van der Waals surface area contributed by atoms with Gasteiger partial charge in [0.2, 0.25) is 0 Å². The van der Waals surface area contributed by atoms with E-state index in [0.29, 0.717) is 4.57 Å². The van der Waals surface area contributed by atoms with Crippen molar-refractivity contribution in [3.63, 3.8) is 0 Å². The SMILES string of the molecule is CC(C)OC(=O)[C@H](C)NP(=O)(OC[C@@]1(C(F)F)O[C@@H](n2cc(Cl)c(N)nc2=O)[C@H](F)[C@@H]1O)Oc1ccccc1. The summed E-state index contributed by atoms with van der Waals surface area (Å²) in [6.07, 6.45) is -10.7. The number of aliphatic hydroxyl groups is 1. The van der Waals surface area contributed by atoms with Crippen LogP contribution in [-0.2, 0) is 23.4 Å². The average Bonchev–Trinajstić information content (AvgIpc) is 3.11. The minimum absolute atomic E-state index is 0.0351. The minimum atomic E-state index is -4.71. The van der Waals surface area contributed by atoms with Gasteiger partial charge in [0, 0.05) is 6.20 Å². The van der Waals surface area contributed by atoms with E-state index in [4.69, 9.17) is 35.9 Å². The van der Waals surface area contributed by atoms with Gasteiger partial charge in [0.05, 0.1) is 17.7 Å². The van der Waals surface area contributed by atoms with Crippen LogP contribution < -0.4 is 21.0 Å². The lowest BCUT2D eigenvalue weighted by atomic mass is 9.97. The number of anilines is 1. The van der Waals surface area contributed by atoms with E-state index in [9.17, 15) is 28.0 Å². The van der Waals surface area contributed by atoms with Crippen molar-refractivity contribution in [3.05, 3.63) is 52.0 Å². The number of hydrogen-bond acceptors (Lipinski definition) is 10. The fourth-order valence-electron chi connectivity index (χ4n) is 3.52. The van der Waals surface area contributed by atoms with Crippen molar-refractivity contribution >= 4 is 31.1 Å². The molecule has 1 unspecified atom stereocenters. The molecule has 39 heavy (non-hydrogen) atoms. The van der Waals surface area contributed by atoms with Gasteiger partial charge in [0.1, 0.15) is 23.7 Å². The number of nitrogen functional groups attached to an aromatic ring is 1. The molecule has 0 saturated carbocycles. The Kier molecular flexibility index (Phi) is 9.68. The van der Waals surface area contributed by atoms with Crippen LogP contribution in [-0.4, -0.2) is 63.7 Å². The topological polar surface area (TPSA) is 164 Å². The van der Waals surface area contributed by atoms with E-state index in [-0.39, 0.29) is 10.8 Å². The lowest BCUT2D eigenvalue weighted by molar-refractivity contribution is -0.192. The van der Waals surface area contributed by atoms with Gasteiger partial charge in [-0.3, -0.25) is 13.9 Å². The Hall–Kier alpha value is -2.68. The summed E-state index contributed by atoms with van der Waals surface area (Å²) in [6.45, 7) is 3.00. The Morgan fingerprint density at radius 3 is 2.56 bits per heavy atom. The molecule has 216 valence electrons. The molecular formula is C22H27ClF3N4O8P. The lowest BCUT2D eigenvalue weighted by Crippen LogP contribution is -2.52. The smallest absolute Gasteiger partial charge is 0.459 e. The number of alkyl halides is 3. The molecule has 12 nitrogen and oxygen atoms in total. The molecule has 0 spiro atoms. The van der Waals surface area contributed by atoms with Gasteiger partial charge in [-0.25, -0.2) is 22.5 Å². The van der Waals surface area contributed by atoms with Crippen LogP contribution in [0.25, 0.3) is 0 Å².